The van der Waals surface area contributed by atoms with Gasteiger partial charge >= 0.3 is 0 Å². The number of hydrogen-bond acceptors (Lipinski definition) is 4. The number of likely N-dealkylation sites (tertiary alicyclic amines) is 1. The molecule has 112 valence electrons. The second-order valence-corrected chi connectivity index (χ2v) is 5.58. The molecule has 1 aliphatic rings. The zero-order chi connectivity index (χ0) is 14.3. The molecule has 1 atom stereocenters. The monoisotopic (exact) mass is 285 g/mol. The van der Waals surface area contributed by atoms with E-state index in [1.54, 1.807) is 6.26 Å². The molecular formula is C17H23N3O. The predicted molar refractivity (Wildman–Crippen MR) is 82.8 cm³/mol. The van der Waals surface area contributed by atoms with Crippen molar-refractivity contribution in [3.8, 4) is 0 Å². The molecule has 0 amide bonds. The number of piperidine rings is 1. The Hall–Kier alpha value is -1.65. The summed E-state index contributed by atoms with van der Waals surface area (Å²) in [7, 11) is 0. The van der Waals surface area contributed by atoms with Crippen molar-refractivity contribution in [2.75, 3.05) is 19.6 Å². The molecular weight excluding hydrogens is 262 g/mol. The molecule has 0 bridgehead atoms. The molecule has 4 nitrogen and oxygen atoms in total. The van der Waals surface area contributed by atoms with E-state index in [1.165, 1.54) is 19.3 Å². The minimum atomic E-state index is 0.323. The summed E-state index contributed by atoms with van der Waals surface area (Å²) in [5.41, 5.74) is 1.08. The fourth-order valence-electron chi connectivity index (χ4n) is 2.96. The van der Waals surface area contributed by atoms with Gasteiger partial charge in [0.15, 0.2) is 0 Å². The van der Waals surface area contributed by atoms with E-state index in [4.69, 9.17) is 4.42 Å². The smallest absolute Gasteiger partial charge is 0.122 e. The number of nitrogens with zero attached hydrogens (tertiary/aromatic N) is 2. The van der Waals surface area contributed by atoms with Gasteiger partial charge in [-0.1, -0.05) is 12.5 Å². The molecule has 0 saturated carbocycles. The van der Waals surface area contributed by atoms with Crippen molar-refractivity contribution in [1.29, 1.82) is 0 Å². The third kappa shape index (κ3) is 3.93. The number of hydrogen-bond donors (Lipinski definition) is 1. The molecule has 3 heterocycles. The van der Waals surface area contributed by atoms with Crippen LogP contribution < -0.4 is 5.32 Å². The van der Waals surface area contributed by atoms with Crippen molar-refractivity contribution < 1.29 is 4.42 Å². The van der Waals surface area contributed by atoms with Crippen LogP contribution in [0, 0.1) is 0 Å². The van der Waals surface area contributed by atoms with E-state index >= 15 is 0 Å². The first-order valence-electron chi connectivity index (χ1n) is 7.81. The summed E-state index contributed by atoms with van der Waals surface area (Å²) in [6.45, 7) is 4.02. The fraction of sp³-hybridized carbons (Fsp3) is 0.471. The lowest BCUT2D eigenvalue weighted by molar-refractivity contribution is 0.142. The van der Waals surface area contributed by atoms with Gasteiger partial charge in [-0.15, -0.1) is 0 Å². The summed E-state index contributed by atoms with van der Waals surface area (Å²) in [6.07, 6.45) is 7.54. The van der Waals surface area contributed by atoms with Crippen molar-refractivity contribution in [3.63, 3.8) is 0 Å². The molecule has 1 saturated heterocycles. The van der Waals surface area contributed by atoms with E-state index < -0.39 is 0 Å². The molecule has 0 aliphatic carbocycles. The Labute approximate surface area is 126 Å². The normalized spacial score (nSPS) is 17.7. The molecule has 4 heteroatoms. The van der Waals surface area contributed by atoms with Gasteiger partial charge in [0.2, 0.25) is 0 Å². The largest absolute Gasteiger partial charge is 0.468 e. The third-order valence-electron chi connectivity index (χ3n) is 4.07. The van der Waals surface area contributed by atoms with Crippen molar-refractivity contribution in [2.45, 2.75) is 31.8 Å². The van der Waals surface area contributed by atoms with Gasteiger partial charge < -0.3 is 9.73 Å². The summed E-state index contributed by atoms with van der Waals surface area (Å²) in [5, 5.41) is 3.52. The van der Waals surface area contributed by atoms with Crippen LogP contribution >= 0.6 is 0 Å². The second kappa shape index (κ2) is 7.38. The Morgan fingerprint density at radius 2 is 2.05 bits per heavy atom. The zero-order valence-corrected chi connectivity index (χ0v) is 12.4. The van der Waals surface area contributed by atoms with E-state index in [-0.39, 0.29) is 0 Å². The van der Waals surface area contributed by atoms with Gasteiger partial charge in [-0.2, -0.15) is 0 Å². The highest BCUT2D eigenvalue weighted by atomic mass is 16.3. The van der Waals surface area contributed by atoms with Crippen molar-refractivity contribution in [1.82, 2.24) is 15.2 Å². The average Bonchev–Trinajstić information content (AvgIpc) is 3.07. The molecule has 1 aliphatic heterocycles. The Bertz CT molecular complexity index is 506. The van der Waals surface area contributed by atoms with Gasteiger partial charge in [0, 0.05) is 19.3 Å². The summed E-state index contributed by atoms with van der Waals surface area (Å²) in [6, 6.07) is 10.4. The number of rotatable bonds is 6. The highest BCUT2D eigenvalue weighted by molar-refractivity contribution is 5.07. The first-order valence-corrected chi connectivity index (χ1v) is 7.81. The first kappa shape index (κ1) is 14.3. The van der Waals surface area contributed by atoms with E-state index in [1.807, 2.05) is 24.4 Å². The summed E-state index contributed by atoms with van der Waals surface area (Å²) >= 11 is 0. The summed E-state index contributed by atoms with van der Waals surface area (Å²) in [5.74, 6) is 1.06. The van der Waals surface area contributed by atoms with Gasteiger partial charge in [0.1, 0.15) is 5.76 Å². The molecule has 2 aromatic rings. The van der Waals surface area contributed by atoms with Crippen molar-refractivity contribution in [3.05, 3.63) is 54.2 Å². The van der Waals surface area contributed by atoms with Crippen molar-refractivity contribution in [2.24, 2.45) is 0 Å². The average molecular weight is 285 g/mol. The topological polar surface area (TPSA) is 41.3 Å². The molecule has 1 N–H and O–H groups in total. The van der Waals surface area contributed by atoms with Crippen LogP contribution in [-0.4, -0.2) is 29.5 Å². The van der Waals surface area contributed by atoms with Crippen LogP contribution in [0.4, 0.5) is 0 Å². The van der Waals surface area contributed by atoms with Gasteiger partial charge in [-0.05, 0) is 50.2 Å². The SMILES string of the molecule is c1ccc(CNCC(c2ccco2)N2CCCCC2)nc1. The molecule has 21 heavy (non-hydrogen) atoms. The number of nitrogens with one attached hydrogen (secondary N) is 1. The van der Waals surface area contributed by atoms with Gasteiger partial charge in [0.05, 0.1) is 18.0 Å². The maximum absolute atomic E-state index is 5.65. The molecule has 1 fully saturated rings. The highest BCUT2D eigenvalue weighted by Gasteiger charge is 2.23. The molecule has 3 rings (SSSR count). The molecule has 0 radical (unpaired) electrons. The van der Waals surface area contributed by atoms with Crippen LogP contribution in [0.2, 0.25) is 0 Å². The Kier molecular flexibility index (Phi) is 5.03. The number of pyridine rings is 1. The Morgan fingerprint density at radius 3 is 2.76 bits per heavy atom. The maximum Gasteiger partial charge on any atom is 0.122 e. The lowest BCUT2D eigenvalue weighted by Crippen LogP contribution is -2.38. The lowest BCUT2D eigenvalue weighted by atomic mass is 10.1. The molecule has 0 spiro atoms. The zero-order valence-electron chi connectivity index (χ0n) is 12.4. The molecule has 0 aromatic carbocycles. The molecule has 1 unspecified atom stereocenters. The van der Waals surface area contributed by atoms with Crippen LogP contribution in [0.25, 0.3) is 0 Å². The third-order valence-corrected chi connectivity index (χ3v) is 4.07. The van der Waals surface area contributed by atoms with Crippen LogP contribution in [-0.2, 0) is 6.54 Å². The maximum atomic E-state index is 5.65. The summed E-state index contributed by atoms with van der Waals surface area (Å²) < 4.78 is 5.65. The van der Waals surface area contributed by atoms with Crippen LogP contribution in [0.1, 0.15) is 36.8 Å². The fourth-order valence-corrected chi connectivity index (χ4v) is 2.96. The number of furan rings is 1. The second-order valence-electron chi connectivity index (χ2n) is 5.58. The molecule has 2 aromatic heterocycles. The van der Waals surface area contributed by atoms with E-state index in [2.05, 4.69) is 27.3 Å². The van der Waals surface area contributed by atoms with Gasteiger partial charge in [-0.25, -0.2) is 0 Å². The van der Waals surface area contributed by atoms with E-state index in [0.717, 1.165) is 37.6 Å². The predicted octanol–water partition coefficient (Wildman–Crippen LogP) is 2.99. The Balaban J connectivity index is 1.59. The van der Waals surface area contributed by atoms with E-state index in [0.29, 0.717) is 6.04 Å². The first-order chi connectivity index (χ1) is 10.4. The van der Waals surface area contributed by atoms with Crippen LogP contribution in [0.15, 0.2) is 47.2 Å². The number of aromatic nitrogens is 1. The minimum absolute atomic E-state index is 0.323. The quantitative estimate of drug-likeness (QED) is 0.886. The summed E-state index contributed by atoms with van der Waals surface area (Å²) in [4.78, 5) is 6.89. The van der Waals surface area contributed by atoms with E-state index in [9.17, 15) is 0 Å². The van der Waals surface area contributed by atoms with Gasteiger partial charge in [0.25, 0.3) is 0 Å². The van der Waals surface area contributed by atoms with Gasteiger partial charge in [-0.3, -0.25) is 9.88 Å². The minimum Gasteiger partial charge on any atom is -0.468 e. The van der Waals surface area contributed by atoms with Crippen molar-refractivity contribution >= 4 is 0 Å². The van der Waals surface area contributed by atoms with Crippen LogP contribution in [0.3, 0.4) is 0 Å². The lowest BCUT2D eigenvalue weighted by Gasteiger charge is -2.33. The van der Waals surface area contributed by atoms with Crippen LogP contribution in [0.5, 0.6) is 0 Å². The Morgan fingerprint density at radius 1 is 1.14 bits per heavy atom. The standard InChI is InChI=1S/C17H23N3O/c1-4-10-20(11-5-1)16(17-8-6-12-21-17)14-18-13-15-7-2-3-9-19-15/h2-3,6-9,12,16,18H,1,4-5,10-11,13-14H2. The highest BCUT2D eigenvalue weighted by Crippen LogP contribution is 2.24.